The van der Waals surface area contributed by atoms with Gasteiger partial charge in [0.15, 0.2) is 0 Å². The second-order valence-electron chi connectivity index (χ2n) is 2.79. The van der Waals surface area contributed by atoms with Crippen LogP contribution in [0.3, 0.4) is 0 Å². The molecule has 13 heavy (non-hydrogen) atoms. The van der Waals surface area contributed by atoms with Gasteiger partial charge in [-0.2, -0.15) is 0 Å². The van der Waals surface area contributed by atoms with E-state index in [9.17, 15) is 8.42 Å². The van der Waals surface area contributed by atoms with Crippen LogP contribution in [0.4, 0.5) is 5.69 Å². The fourth-order valence-corrected chi connectivity index (χ4v) is 2.92. The van der Waals surface area contributed by atoms with E-state index >= 15 is 0 Å². The van der Waals surface area contributed by atoms with Crippen LogP contribution in [0.2, 0.25) is 0 Å². The standard InChI is InChI=1S/C8H8BrNO2S/c1-10-8-3-2-7(9)4-6(8)5-13(10,11)12/h2-4H,5H2,1H3/i1D3. The number of fused-ring (bicyclic) bond motifs is 1. The van der Waals surface area contributed by atoms with Crippen LogP contribution in [0.5, 0.6) is 0 Å². The molecule has 0 spiro atoms. The number of rotatable bonds is 0. The number of halogens is 1. The van der Waals surface area contributed by atoms with Crippen LogP contribution >= 0.6 is 15.9 Å². The third kappa shape index (κ3) is 1.36. The lowest BCUT2D eigenvalue weighted by molar-refractivity contribution is 0.596. The molecule has 0 N–H and O–H groups in total. The third-order valence-electron chi connectivity index (χ3n) is 1.88. The molecular weight excluding hydrogens is 254 g/mol. The third-order valence-corrected chi connectivity index (χ3v) is 3.80. The maximum Gasteiger partial charge on any atom is 0.239 e. The highest BCUT2D eigenvalue weighted by Gasteiger charge is 2.29. The highest BCUT2D eigenvalue weighted by atomic mass is 79.9. The van der Waals surface area contributed by atoms with Gasteiger partial charge in [-0.15, -0.1) is 0 Å². The molecule has 0 unspecified atom stereocenters. The normalized spacial score (nSPS) is 23.2. The first-order valence-electron chi connectivity index (χ1n) is 5.03. The predicted octanol–water partition coefficient (Wildman–Crippen LogP) is 1.73. The molecule has 0 fully saturated rings. The summed E-state index contributed by atoms with van der Waals surface area (Å²) in [7, 11) is -3.77. The van der Waals surface area contributed by atoms with Gasteiger partial charge in [0, 0.05) is 15.6 Å². The molecule has 0 atom stereocenters. The summed E-state index contributed by atoms with van der Waals surface area (Å²) in [6, 6.07) is 4.74. The molecule has 1 aliphatic rings. The molecule has 0 aromatic heterocycles. The summed E-state index contributed by atoms with van der Waals surface area (Å²) in [6.07, 6.45) is 0. The number of sulfonamides is 1. The van der Waals surface area contributed by atoms with Gasteiger partial charge in [-0.25, -0.2) is 8.42 Å². The Bertz CT molecular complexity index is 541. The van der Waals surface area contributed by atoms with Crippen LogP contribution in [0.25, 0.3) is 0 Å². The van der Waals surface area contributed by atoms with Crippen molar-refractivity contribution in [3.63, 3.8) is 0 Å². The Morgan fingerprint density at radius 2 is 2.38 bits per heavy atom. The van der Waals surface area contributed by atoms with E-state index in [4.69, 9.17) is 4.11 Å². The zero-order valence-corrected chi connectivity index (χ0v) is 8.89. The molecule has 70 valence electrons. The fraction of sp³-hybridized carbons (Fsp3) is 0.250. The predicted molar refractivity (Wildman–Crippen MR) is 55.2 cm³/mol. The molecule has 1 aromatic carbocycles. The van der Waals surface area contributed by atoms with Crippen molar-refractivity contribution in [2.75, 3.05) is 11.3 Å². The van der Waals surface area contributed by atoms with Crippen LogP contribution in [0.15, 0.2) is 22.7 Å². The van der Waals surface area contributed by atoms with Crippen molar-refractivity contribution in [2.24, 2.45) is 0 Å². The molecule has 1 aliphatic heterocycles. The first kappa shape index (κ1) is 6.03. The van der Waals surface area contributed by atoms with Gasteiger partial charge in [0.05, 0.1) is 11.4 Å². The van der Waals surface area contributed by atoms with Gasteiger partial charge in [0.2, 0.25) is 10.0 Å². The average Bonchev–Trinajstić information content (AvgIpc) is 2.32. The summed E-state index contributed by atoms with van der Waals surface area (Å²) < 4.78 is 46.4. The topological polar surface area (TPSA) is 37.4 Å². The Morgan fingerprint density at radius 1 is 1.62 bits per heavy atom. The van der Waals surface area contributed by atoms with Crippen molar-refractivity contribution in [1.82, 2.24) is 0 Å². The van der Waals surface area contributed by atoms with Gasteiger partial charge in [-0.05, 0) is 23.8 Å². The van der Waals surface area contributed by atoms with Crippen LogP contribution in [-0.4, -0.2) is 15.4 Å². The Hall–Kier alpha value is -0.550. The van der Waals surface area contributed by atoms with Crippen molar-refractivity contribution in [3.8, 4) is 0 Å². The highest BCUT2D eigenvalue weighted by molar-refractivity contribution is 9.10. The molecule has 2 rings (SSSR count). The van der Waals surface area contributed by atoms with Crippen molar-refractivity contribution < 1.29 is 12.5 Å². The quantitative estimate of drug-likeness (QED) is 0.716. The van der Waals surface area contributed by atoms with Gasteiger partial charge in [-0.1, -0.05) is 15.9 Å². The Morgan fingerprint density at radius 3 is 3.08 bits per heavy atom. The van der Waals surface area contributed by atoms with Crippen LogP contribution in [0, 0.1) is 0 Å². The minimum absolute atomic E-state index is 0.239. The van der Waals surface area contributed by atoms with Crippen molar-refractivity contribution in [2.45, 2.75) is 5.75 Å². The monoisotopic (exact) mass is 264 g/mol. The van der Waals surface area contributed by atoms with Crippen molar-refractivity contribution in [3.05, 3.63) is 28.2 Å². The minimum Gasteiger partial charge on any atom is -0.273 e. The largest absolute Gasteiger partial charge is 0.273 e. The zero-order valence-electron chi connectivity index (χ0n) is 9.49. The zero-order chi connectivity index (χ0) is 12.1. The van der Waals surface area contributed by atoms with E-state index < -0.39 is 17.0 Å². The average molecular weight is 265 g/mol. The molecule has 1 aromatic rings. The summed E-state index contributed by atoms with van der Waals surface area (Å²) >= 11 is 3.22. The minimum atomic E-state index is -3.77. The van der Waals surface area contributed by atoms with Crippen LogP contribution in [-0.2, 0) is 15.8 Å². The first-order chi connectivity index (χ1) is 7.22. The molecule has 0 aliphatic carbocycles. The summed E-state index contributed by atoms with van der Waals surface area (Å²) in [5.41, 5.74) is 0.744. The van der Waals surface area contributed by atoms with Gasteiger partial charge in [-0.3, -0.25) is 4.31 Å². The van der Waals surface area contributed by atoms with E-state index in [2.05, 4.69) is 15.9 Å². The molecule has 1 heterocycles. The smallest absolute Gasteiger partial charge is 0.239 e. The number of nitrogens with zero attached hydrogens (tertiary/aromatic N) is 1. The first-order valence-corrected chi connectivity index (χ1v) is 5.93. The summed E-state index contributed by atoms with van der Waals surface area (Å²) in [5, 5.41) is 0. The lowest BCUT2D eigenvalue weighted by Gasteiger charge is -2.10. The molecule has 0 radical (unpaired) electrons. The van der Waals surface area contributed by atoms with Crippen molar-refractivity contribution in [1.29, 1.82) is 0 Å². The van der Waals surface area contributed by atoms with E-state index in [0.29, 0.717) is 9.87 Å². The summed E-state index contributed by atoms with van der Waals surface area (Å²) in [5.74, 6) is -0.264. The van der Waals surface area contributed by atoms with Crippen LogP contribution < -0.4 is 4.31 Å². The second kappa shape index (κ2) is 2.72. The highest BCUT2D eigenvalue weighted by Crippen LogP contribution is 2.33. The maximum atomic E-state index is 11.7. The summed E-state index contributed by atoms with van der Waals surface area (Å²) in [4.78, 5) is 0. The van der Waals surface area contributed by atoms with E-state index in [0.717, 1.165) is 4.47 Å². The van der Waals surface area contributed by atoms with Gasteiger partial charge in [0.1, 0.15) is 0 Å². The molecule has 0 saturated carbocycles. The Balaban J connectivity index is 2.64. The van der Waals surface area contributed by atoms with Gasteiger partial charge >= 0.3 is 0 Å². The molecule has 0 saturated heterocycles. The van der Waals surface area contributed by atoms with E-state index in [1.807, 2.05) is 0 Å². The number of hydrogen-bond acceptors (Lipinski definition) is 2. The molecule has 3 nitrogen and oxygen atoms in total. The SMILES string of the molecule is [2H]C([2H])([2H])N1c2ccc(Br)cc2CS1(=O)=O. The Labute approximate surface area is 89.8 Å². The van der Waals surface area contributed by atoms with Gasteiger partial charge in [0.25, 0.3) is 0 Å². The number of anilines is 1. The van der Waals surface area contributed by atoms with Gasteiger partial charge < -0.3 is 0 Å². The van der Waals surface area contributed by atoms with Crippen LogP contribution in [0.1, 0.15) is 9.68 Å². The Kier molecular flexibility index (Phi) is 1.26. The van der Waals surface area contributed by atoms with Crippen molar-refractivity contribution >= 4 is 31.6 Å². The molecule has 0 bridgehead atoms. The number of hydrogen-bond donors (Lipinski definition) is 0. The second-order valence-corrected chi connectivity index (χ2v) is 5.53. The lowest BCUT2D eigenvalue weighted by atomic mass is 10.2. The molecular formula is C8H8BrNO2S. The summed E-state index contributed by atoms with van der Waals surface area (Å²) in [6.45, 7) is -2.67. The van der Waals surface area contributed by atoms with E-state index in [1.54, 1.807) is 12.1 Å². The fourth-order valence-electron chi connectivity index (χ4n) is 1.28. The van der Waals surface area contributed by atoms with E-state index in [-0.39, 0.29) is 11.4 Å². The number of benzene rings is 1. The lowest BCUT2D eigenvalue weighted by Crippen LogP contribution is -2.20. The van der Waals surface area contributed by atoms with E-state index in [1.165, 1.54) is 6.07 Å². The molecule has 0 amide bonds. The maximum absolute atomic E-state index is 11.7. The molecule has 5 heteroatoms.